The van der Waals surface area contributed by atoms with Gasteiger partial charge in [0, 0.05) is 11.2 Å². The number of aryl methyl sites for hydroxylation is 1. The number of fused-ring (bicyclic) bond motifs is 1. The highest BCUT2D eigenvalue weighted by Crippen LogP contribution is 2.25. The second kappa shape index (κ2) is 6.61. The van der Waals surface area contributed by atoms with Crippen LogP contribution in [0.2, 0.25) is 5.02 Å². The van der Waals surface area contributed by atoms with Gasteiger partial charge in [0.1, 0.15) is 5.52 Å². The summed E-state index contributed by atoms with van der Waals surface area (Å²) in [6.45, 7) is 2.66. The van der Waals surface area contributed by atoms with Gasteiger partial charge in [-0.2, -0.15) is 0 Å². The summed E-state index contributed by atoms with van der Waals surface area (Å²) in [6, 6.07) is 13.5. The zero-order chi connectivity index (χ0) is 17.2. The molecule has 126 valence electrons. The molecule has 4 aromatic rings. The second-order valence-corrected chi connectivity index (χ2v) is 6.08. The predicted molar refractivity (Wildman–Crippen MR) is 99.1 cm³/mol. The number of pyridine rings is 1. The molecular formula is C19H17ClN4O. The molecule has 0 radical (unpaired) electrons. The van der Waals surface area contributed by atoms with Gasteiger partial charge in [0.25, 0.3) is 0 Å². The molecule has 0 saturated heterocycles. The van der Waals surface area contributed by atoms with Crippen molar-refractivity contribution in [3.63, 3.8) is 0 Å². The van der Waals surface area contributed by atoms with Crippen LogP contribution >= 0.6 is 11.6 Å². The summed E-state index contributed by atoms with van der Waals surface area (Å²) in [5.41, 5.74) is 7.19. The van der Waals surface area contributed by atoms with Crippen LogP contribution in [0.5, 0.6) is 0 Å². The highest BCUT2D eigenvalue weighted by molar-refractivity contribution is 6.31. The highest BCUT2D eigenvalue weighted by Gasteiger charge is 2.17. The lowest BCUT2D eigenvalue weighted by Gasteiger charge is -2.11. The Hall–Kier alpha value is -2.79. The van der Waals surface area contributed by atoms with Crippen molar-refractivity contribution in [2.75, 3.05) is 5.43 Å². The van der Waals surface area contributed by atoms with Gasteiger partial charge in [-0.3, -0.25) is 0 Å². The summed E-state index contributed by atoms with van der Waals surface area (Å²) in [5.74, 6) is 1.38. The maximum absolute atomic E-state index is 6.27. The van der Waals surface area contributed by atoms with Crippen molar-refractivity contribution < 1.29 is 4.42 Å². The van der Waals surface area contributed by atoms with Gasteiger partial charge in [-0.15, -0.1) is 0 Å². The van der Waals surface area contributed by atoms with Gasteiger partial charge in [-0.05, 0) is 41.8 Å². The summed E-state index contributed by atoms with van der Waals surface area (Å²) in [4.78, 5) is 9.29. The molecule has 1 aromatic carbocycles. The molecule has 0 unspecified atom stereocenters. The zero-order valence-corrected chi connectivity index (χ0v) is 14.5. The molecule has 0 saturated carbocycles. The van der Waals surface area contributed by atoms with Crippen LogP contribution in [0.25, 0.3) is 22.7 Å². The van der Waals surface area contributed by atoms with Gasteiger partial charge in [0.05, 0.1) is 12.8 Å². The van der Waals surface area contributed by atoms with E-state index >= 15 is 0 Å². The Bertz CT molecular complexity index is 1010. The number of rotatable bonds is 5. The van der Waals surface area contributed by atoms with Crippen molar-refractivity contribution in [1.82, 2.24) is 14.6 Å². The first-order valence-electron chi connectivity index (χ1n) is 8.15. The number of hydrogen-bond acceptors (Lipinski definition) is 4. The normalized spacial score (nSPS) is 11.1. The Balaban J connectivity index is 1.80. The van der Waals surface area contributed by atoms with E-state index in [-0.39, 0.29) is 0 Å². The third-order valence-corrected chi connectivity index (χ3v) is 4.51. The number of benzene rings is 1. The van der Waals surface area contributed by atoms with E-state index in [0.717, 1.165) is 33.7 Å². The minimum Gasteiger partial charge on any atom is -0.461 e. The quantitative estimate of drug-likeness (QED) is 0.568. The van der Waals surface area contributed by atoms with Crippen molar-refractivity contribution in [3.05, 3.63) is 71.1 Å². The number of nitrogens with one attached hydrogen (secondary N) is 1. The molecular weight excluding hydrogens is 336 g/mol. The van der Waals surface area contributed by atoms with Crippen LogP contribution < -0.4 is 5.43 Å². The molecule has 0 spiro atoms. The lowest BCUT2D eigenvalue weighted by atomic mass is 10.2. The molecule has 0 aliphatic heterocycles. The molecule has 0 atom stereocenters. The Morgan fingerprint density at radius 1 is 1.12 bits per heavy atom. The van der Waals surface area contributed by atoms with E-state index in [4.69, 9.17) is 21.0 Å². The third kappa shape index (κ3) is 2.87. The molecule has 0 aliphatic carbocycles. The number of aromatic nitrogens is 3. The zero-order valence-electron chi connectivity index (χ0n) is 13.7. The van der Waals surface area contributed by atoms with Crippen LogP contribution in [0.4, 0.5) is 0 Å². The monoisotopic (exact) mass is 352 g/mol. The smallest absolute Gasteiger partial charge is 0.197 e. The largest absolute Gasteiger partial charge is 0.461 e. The highest BCUT2D eigenvalue weighted by atomic mass is 35.5. The average molecular weight is 353 g/mol. The van der Waals surface area contributed by atoms with Crippen LogP contribution in [0.3, 0.4) is 0 Å². The molecule has 0 aliphatic rings. The minimum absolute atomic E-state index is 0.552. The first-order chi connectivity index (χ1) is 12.3. The Morgan fingerprint density at radius 3 is 2.76 bits per heavy atom. The lowest BCUT2D eigenvalue weighted by molar-refractivity contribution is 0.574. The standard InChI is InChI=1S/C19H17ClN4O/c1-2-13-9-10-21-19-17(13)23-18(16-8-5-11-25-16)24(19)22-12-14-6-3-4-7-15(14)20/h3-11,22H,2,12H2,1H3. The number of hydrogen-bond donors (Lipinski definition) is 1. The number of imidazole rings is 1. The number of nitrogens with zero attached hydrogens (tertiary/aromatic N) is 3. The summed E-state index contributed by atoms with van der Waals surface area (Å²) in [7, 11) is 0. The number of furan rings is 1. The molecule has 1 N–H and O–H groups in total. The van der Waals surface area contributed by atoms with E-state index < -0.39 is 0 Å². The molecule has 5 nitrogen and oxygen atoms in total. The summed E-state index contributed by atoms with van der Waals surface area (Å²) < 4.78 is 7.43. The van der Waals surface area contributed by atoms with E-state index in [1.807, 2.05) is 53.3 Å². The molecule has 0 fully saturated rings. The second-order valence-electron chi connectivity index (χ2n) is 5.67. The summed E-state index contributed by atoms with van der Waals surface area (Å²) in [6.07, 6.45) is 4.34. The van der Waals surface area contributed by atoms with E-state index in [9.17, 15) is 0 Å². The lowest BCUT2D eigenvalue weighted by Crippen LogP contribution is -2.16. The Labute approximate surface area is 150 Å². The fourth-order valence-electron chi connectivity index (χ4n) is 2.84. The fraction of sp³-hybridized carbons (Fsp3) is 0.158. The van der Waals surface area contributed by atoms with Gasteiger partial charge >= 0.3 is 0 Å². The van der Waals surface area contributed by atoms with Crippen LogP contribution in [0.1, 0.15) is 18.1 Å². The van der Waals surface area contributed by atoms with Crippen molar-refractivity contribution in [2.45, 2.75) is 19.9 Å². The van der Waals surface area contributed by atoms with Crippen LogP contribution in [0, 0.1) is 0 Å². The minimum atomic E-state index is 0.552. The van der Waals surface area contributed by atoms with Crippen molar-refractivity contribution in [1.29, 1.82) is 0 Å². The van der Waals surface area contributed by atoms with Crippen LogP contribution in [-0.2, 0) is 13.0 Å². The Kier molecular flexibility index (Phi) is 4.15. The van der Waals surface area contributed by atoms with Gasteiger partial charge in [-0.1, -0.05) is 36.7 Å². The van der Waals surface area contributed by atoms with Crippen LogP contribution in [0.15, 0.2) is 59.3 Å². The molecule has 0 amide bonds. The third-order valence-electron chi connectivity index (χ3n) is 4.14. The Morgan fingerprint density at radius 2 is 2.00 bits per heavy atom. The van der Waals surface area contributed by atoms with E-state index in [1.165, 1.54) is 0 Å². The molecule has 3 aromatic heterocycles. The molecule has 25 heavy (non-hydrogen) atoms. The predicted octanol–water partition coefficient (Wildman–Crippen LogP) is 4.65. The van der Waals surface area contributed by atoms with Crippen molar-refractivity contribution in [3.8, 4) is 11.6 Å². The topological polar surface area (TPSA) is 55.9 Å². The SMILES string of the molecule is CCc1ccnc2c1nc(-c1ccco1)n2NCc1ccccc1Cl. The van der Waals surface area contributed by atoms with Gasteiger partial charge < -0.3 is 9.84 Å². The first-order valence-corrected chi connectivity index (χ1v) is 8.53. The average Bonchev–Trinajstić information content (AvgIpc) is 3.28. The molecule has 3 heterocycles. The molecule has 4 rings (SSSR count). The van der Waals surface area contributed by atoms with Crippen molar-refractivity contribution in [2.24, 2.45) is 0 Å². The maximum atomic E-state index is 6.27. The summed E-state index contributed by atoms with van der Waals surface area (Å²) >= 11 is 6.27. The molecule has 0 bridgehead atoms. The summed E-state index contributed by atoms with van der Waals surface area (Å²) in [5, 5.41) is 0.723. The molecule has 6 heteroatoms. The van der Waals surface area contributed by atoms with Crippen LogP contribution in [-0.4, -0.2) is 14.6 Å². The van der Waals surface area contributed by atoms with E-state index in [0.29, 0.717) is 18.1 Å². The number of halogens is 1. The maximum Gasteiger partial charge on any atom is 0.197 e. The van der Waals surface area contributed by atoms with Gasteiger partial charge in [-0.25, -0.2) is 14.6 Å². The van der Waals surface area contributed by atoms with E-state index in [1.54, 1.807) is 6.26 Å². The van der Waals surface area contributed by atoms with Gasteiger partial charge in [0.2, 0.25) is 0 Å². The first kappa shape index (κ1) is 15.7. The van der Waals surface area contributed by atoms with Crippen molar-refractivity contribution >= 4 is 22.8 Å². The van der Waals surface area contributed by atoms with Gasteiger partial charge in [0.15, 0.2) is 17.2 Å². The van der Waals surface area contributed by atoms with E-state index in [2.05, 4.69) is 17.3 Å². The fourth-order valence-corrected chi connectivity index (χ4v) is 3.04.